The van der Waals surface area contributed by atoms with Crippen molar-refractivity contribution in [3.8, 4) is 0 Å². The van der Waals surface area contributed by atoms with Gasteiger partial charge in [0, 0.05) is 29.3 Å². The molecule has 0 unspecified atom stereocenters. The van der Waals surface area contributed by atoms with Gasteiger partial charge in [-0.05, 0) is 75.4 Å². The zero-order chi connectivity index (χ0) is 27.9. The van der Waals surface area contributed by atoms with Gasteiger partial charge in [-0.25, -0.2) is 0 Å². The first-order valence-corrected chi connectivity index (χ1v) is 15.9. The number of amides is 3. The number of carbonyl (C=O) groups is 3. The predicted molar refractivity (Wildman–Crippen MR) is 156 cm³/mol. The Hall–Kier alpha value is -2.23. The summed E-state index contributed by atoms with van der Waals surface area (Å²) in [4.78, 5) is 45.9. The number of ether oxygens (including phenoxy) is 1. The molecule has 4 aliphatic heterocycles. The highest BCUT2D eigenvalue weighted by atomic mass is 79.9. The summed E-state index contributed by atoms with van der Waals surface area (Å²) in [7, 11) is 0. The molecule has 4 heterocycles. The predicted octanol–water partition coefficient (Wildman–Crippen LogP) is 4.11. The zero-order valence-corrected chi connectivity index (χ0v) is 24.9. The van der Waals surface area contributed by atoms with E-state index in [1.165, 1.54) is 19.3 Å². The van der Waals surface area contributed by atoms with Gasteiger partial charge >= 0.3 is 0 Å². The third-order valence-corrected chi connectivity index (χ3v) is 10.1. The van der Waals surface area contributed by atoms with Crippen LogP contribution in [0.2, 0.25) is 0 Å². The molecule has 1 aromatic carbocycles. The molecular weight excluding hydrogens is 572 g/mol. The number of hydrogen-bond acceptors (Lipinski definition) is 5. The molecule has 3 amide bonds. The monoisotopic (exact) mass is 612 g/mol. The van der Waals surface area contributed by atoms with Crippen LogP contribution in [0.5, 0.6) is 0 Å². The first kappa shape index (κ1) is 27.9. The first-order chi connectivity index (χ1) is 19.4. The van der Waals surface area contributed by atoms with Gasteiger partial charge in [0.05, 0.1) is 17.9 Å². The smallest absolute Gasteiger partial charge is 0.246 e. The quantitative estimate of drug-likeness (QED) is 0.431. The van der Waals surface area contributed by atoms with E-state index in [1.54, 1.807) is 4.90 Å². The van der Waals surface area contributed by atoms with E-state index in [9.17, 15) is 14.4 Å². The van der Waals surface area contributed by atoms with E-state index < -0.39 is 29.6 Å². The molecule has 1 saturated carbocycles. The summed E-state index contributed by atoms with van der Waals surface area (Å²) in [6.07, 6.45) is 11.9. The Bertz CT molecular complexity index is 1150. The van der Waals surface area contributed by atoms with Crippen molar-refractivity contribution >= 4 is 39.3 Å². The Kier molecular flexibility index (Phi) is 8.07. The Morgan fingerprint density at radius 1 is 1.05 bits per heavy atom. The molecule has 0 aromatic heterocycles. The number of hydrogen-bond donors (Lipinski definition) is 2. The number of nitrogens with one attached hydrogen (secondary N) is 2. The average molecular weight is 614 g/mol. The summed E-state index contributed by atoms with van der Waals surface area (Å²) >= 11 is 3.43. The van der Waals surface area contributed by atoms with E-state index in [1.807, 2.05) is 36.4 Å². The molecule has 4 fully saturated rings. The van der Waals surface area contributed by atoms with Gasteiger partial charge in [0.15, 0.2) is 0 Å². The van der Waals surface area contributed by atoms with Crippen LogP contribution in [0.3, 0.4) is 0 Å². The fourth-order valence-electron chi connectivity index (χ4n) is 7.75. The van der Waals surface area contributed by atoms with E-state index >= 15 is 0 Å². The maximum Gasteiger partial charge on any atom is 0.246 e. The van der Waals surface area contributed by atoms with Crippen LogP contribution in [0, 0.1) is 17.8 Å². The van der Waals surface area contributed by atoms with Gasteiger partial charge < -0.3 is 25.2 Å². The van der Waals surface area contributed by atoms with Crippen molar-refractivity contribution < 1.29 is 19.1 Å². The molecular formula is C31H41BrN4O4. The zero-order valence-electron chi connectivity index (χ0n) is 23.3. The second-order valence-corrected chi connectivity index (χ2v) is 13.4. The van der Waals surface area contributed by atoms with Gasteiger partial charge in [-0.2, -0.15) is 0 Å². The van der Waals surface area contributed by atoms with Crippen molar-refractivity contribution in [2.45, 2.75) is 82.1 Å². The summed E-state index contributed by atoms with van der Waals surface area (Å²) in [6.45, 7) is 5.84. The molecule has 5 aliphatic rings. The van der Waals surface area contributed by atoms with E-state index in [2.05, 4.69) is 38.4 Å². The molecule has 3 saturated heterocycles. The number of likely N-dealkylation sites (tertiary alicyclic amines) is 2. The Morgan fingerprint density at radius 3 is 2.58 bits per heavy atom. The minimum atomic E-state index is -1.11. The molecule has 0 radical (unpaired) electrons. The SMILES string of the molecule is C[C@@H]1CCCN(CCCN2C(=O)[C@@H]3[C@@H](C(=O)Nc4ccc(Br)cc4)[C@@H]4C=C[C@@]3(O4)[C@H]2C(=O)NC2CCCCC2)C1. The molecule has 216 valence electrons. The number of rotatable bonds is 8. The van der Waals surface area contributed by atoms with Crippen molar-refractivity contribution in [2.24, 2.45) is 17.8 Å². The average Bonchev–Trinajstić information content (AvgIpc) is 3.58. The van der Waals surface area contributed by atoms with Crippen LogP contribution in [0.15, 0.2) is 40.9 Å². The van der Waals surface area contributed by atoms with Crippen molar-refractivity contribution in [1.29, 1.82) is 0 Å². The fourth-order valence-corrected chi connectivity index (χ4v) is 8.01. The lowest BCUT2D eigenvalue weighted by atomic mass is 9.74. The van der Waals surface area contributed by atoms with Crippen molar-refractivity contribution in [2.75, 3.05) is 31.5 Å². The van der Waals surface area contributed by atoms with Crippen molar-refractivity contribution in [1.82, 2.24) is 15.1 Å². The van der Waals surface area contributed by atoms with Crippen LogP contribution in [0.25, 0.3) is 0 Å². The van der Waals surface area contributed by atoms with Crippen molar-refractivity contribution in [3.63, 3.8) is 0 Å². The molecule has 1 spiro atoms. The standard InChI is InChI=1S/C31H41BrN4O4/c1-20-7-5-16-35(19-20)17-6-18-36-27(29(38)34-22-8-3-2-4-9-22)31-15-14-24(40-31)25(26(31)30(36)39)28(37)33-23-12-10-21(32)11-13-23/h10-15,20,22,24-27H,2-9,16-19H2,1H3,(H,33,37)(H,34,38)/t20-,24+,25+,26+,27-,31+/m1/s1. The summed E-state index contributed by atoms with van der Waals surface area (Å²) in [5.41, 5.74) is -0.444. The number of nitrogens with zero attached hydrogens (tertiary/aromatic N) is 2. The first-order valence-electron chi connectivity index (χ1n) is 15.1. The van der Waals surface area contributed by atoms with Crippen LogP contribution < -0.4 is 10.6 Å². The minimum absolute atomic E-state index is 0.127. The largest absolute Gasteiger partial charge is 0.359 e. The summed E-state index contributed by atoms with van der Waals surface area (Å²) in [5.74, 6) is -1.23. The molecule has 1 aliphatic carbocycles. The highest BCUT2D eigenvalue weighted by molar-refractivity contribution is 9.10. The van der Waals surface area contributed by atoms with Crippen molar-refractivity contribution in [3.05, 3.63) is 40.9 Å². The number of halogens is 1. The second kappa shape index (κ2) is 11.6. The number of anilines is 1. The Morgan fingerprint density at radius 2 is 1.82 bits per heavy atom. The number of fused-ring (bicyclic) bond motifs is 1. The van der Waals surface area contributed by atoms with E-state index in [-0.39, 0.29) is 23.8 Å². The van der Waals surface area contributed by atoms with Crippen LogP contribution in [0.1, 0.15) is 58.3 Å². The number of piperidine rings is 1. The van der Waals surface area contributed by atoms with Gasteiger partial charge in [0.25, 0.3) is 0 Å². The van der Waals surface area contributed by atoms with Crippen LogP contribution in [-0.4, -0.2) is 77.5 Å². The number of benzene rings is 1. The van der Waals surface area contributed by atoms with E-state index in [4.69, 9.17) is 4.74 Å². The topological polar surface area (TPSA) is 91.0 Å². The highest BCUT2D eigenvalue weighted by Crippen LogP contribution is 2.55. The molecule has 2 bridgehead atoms. The lowest BCUT2D eigenvalue weighted by molar-refractivity contribution is -0.141. The molecule has 1 aromatic rings. The third kappa shape index (κ3) is 5.25. The molecule has 40 heavy (non-hydrogen) atoms. The van der Waals surface area contributed by atoms with E-state index in [0.29, 0.717) is 18.2 Å². The molecule has 9 heteroatoms. The minimum Gasteiger partial charge on any atom is -0.359 e. The summed E-state index contributed by atoms with van der Waals surface area (Å²) in [5, 5.41) is 6.26. The van der Waals surface area contributed by atoms with E-state index in [0.717, 1.165) is 56.2 Å². The van der Waals surface area contributed by atoms with Crippen LogP contribution >= 0.6 is 15.9 Å². The molecule has 6 rings (SSSR count). The molecule has 6 atom stereocenters. The Labute approximate surface area is 245 Å². The van der Waals surface area contributed by atoms with Crippen LogP contribution in [-0.2, 0) is 19.1 Å². The highest BCUT2D eigenvalue weighted by Gasteiger charge is 2.72. The van der Waals surface area contributed by atoms with Gasteiger partial charge in [0.2, 0.25) is 17.7 Å². The maximum atomic E-state index is 14.2. The maximum absolute atomic E-state index is 14.2. The van der Waals surface area contributed by atoms with Gasteiger partial charge in [0.1, 0.15) is 11.6 Å². The number of carbonyl (C=O) groups excluding carboxylic acids is 3. The fraction of sp³-hybridized carbons (Fsp3) is 0.645. The third-order valence-electron chi connectivity index (χ3n) is 9.60. The normalized spacial score (nSPS) is 33.8. The van der Waals surface area contributed by atoms with Gasteiger partial charge in [-0.15, -0.1) is 0 Å². The van der Waals surface area contributed by atoms with Crippen LogP contribution in [0.4, 0.5) is 5.69 Å². The lowest BCUT2D eigenvalue weighted by Gasteiger charge is -2.35. The summed E-state index contributed by atoms with van der Waals surface area (Å²) in [6, 6.07) is 6.75. The lowest BCUT2D eigenvalue weighted by Crippen LogP contribution is -2.56. The molecule has 2 N–H and O–H groups in total. The summed E-state index contributed by atoms with van der Waals surface area (Å²) < 4.78 is 7.41. The van der Waals surface area contributed by atoms with Gasteiger partial charge in [-0.1, -0.05) is 54.3 Å². The molecule has 8 nitrogen and oxygen atoms in total. The Balaban J connectivity index is 1.23. The second-order valence-electron chi connectivity index (χ2n) is 12.5. The van der Waals surface area contributed by atoms with Gasteiger partial charge in [-0.3, -0.25) is 14.4 Å².